The number of hydrogen-bond acceptors (Lipinski definition) is 3. The van der Waals surface area contributed by atoms with Gasteiger partial charge in [0.25, 0.3) is 0 Å². The predicted octanol–water partition coefficient (Wildman–Crippen LogP) is 2.98. The highest BCUT2D eigenvalue weighted by atomic mass is 15.2. The lowest BCUT2D eigenvalue weighted by Gasteiger charge is -2.28. The molecule has 0 spiro atoms. The number of hydrogen-bond donors (Lipinski definition) is 2. The van der Waals surface area contributed by atoms with Gasteiger partial charge in [-0.15, -0.1) is 0 Å². The van der Waals surface area contributed by atoms with Gasteiger partial charge in [0, 0.05) is 12.1 Å². The van der Waals surface area contributed by atoms with Gasteiger partial charge in [-0.05, 0) is 60.2 Å². The van der Waals surface area contributed by atoms with Crippen LogP contribution in [0.25, 0.3) is 0 Å². The molecule has 0 aromatic rings. The summed E-state index contributed by atoms with van der Waals surface area (Å²) < 4.78 is 0. The number of nitrogens with two attached hydrogens (primary N) is 2. The molecule has 0 heterocycles. The second-order valence-corrected chi connectivity index (χ2v) is 5.36. The topological polar surface area (TPSA) is 55.3 Å². The maximum absolute atomic E-state index is 5.32. The van der Waals surface area contributed by atoms with Crippen LogP contribution in [0.2, 0.25) is 0 Å². The molecule has 0 rings (SSSR count). The Morgan fingerprint density at radius 1 is 0.722 bits per heavy atom. The molecule has 0 aliphatic heterocycles. The highest BCUT2D eigenvalue weighted by Crippen LogP contribution is 2.02. The van der Waals surface area contributed by atoms with E-state index in [9.17, 15) is 0 Å². The van der Waals surface area contributed by atoms with Crippen LogP contribution in [0.15, 0.2) is 0 Å². The van der Waals surface area contributed by atoms with Gasteiger partial charge < -0.3 is 11.5 Å². The van der Waals surface area contributed by atoms with Crippen molar-refractivity contribution in [3.05, 3.63) is 0 Å². The average molecular weight is 259 g/mol. The van der Waals surface area contributed by atoms with E-state index in [0.717, 1.165) is 19.6 Å². The van der Waals surface area contributed by atoms with Crippen molar-refractivity contribution in [2.24, 2.45) is 11.5 Å². The van der Waals surface area contributed by atoms with E-state index >= 15 is 0 Å². The van der Waals surface area contributed by atoms with Gasteiger partial charge in [-0.3, -0.25) is 4.90 Å². The summed E-state index contributed by atoms with van der Waals surface area (Å²) in [5.74, 6) is 0. The first-order chi connectivity index (χ1) is 8.51. The summed E-state index contributed by atoms with van der Waals surface area (Å²) >= 11 is 0. The molecule has 3 heteroatoms. The molecule has 0 bridgehead atoms. The first-order valence-electron chi connectivity index (χ1n) is 7.67. The minimum atomic E-state index is 0.690. The van der Waals surface area contributed by atoms with Crippen LogP contribution in [0.5, 0.6) is 0 Å². The lowest BCUT2D eigenvalue weighted by atomic mass is 10.1. The minimum absolute atomic E-state index is 0.690. The third-order valence-electron chi connectivity index (χ3n) is 3.10. The first-order valence-corrected chi connectivity index (χ1v) is 7.67. The van der Waals surface area contributed by atoms with E-state index in [2.05, 4.69) is 39.5 Å². The summed E-state index contributed by atoms with van der Waals surface area (Å²) in [5, 5.41) is 0. The lowest BCUT2D eigenvalue weighted by Crippen LogP contribution is -2.36. The molecule has 0 saturated heterocycles. The van der Waals surface area contributed by atoms with Crippen LogP contribution in [-0.2, 0) is 0 Å². The molecule has 18 heavy (non-hydrogen) atoms. The van der Waals surface area contributed by atoms with Gasteiger partial charge in [-0.2, -0.15) is 0 Å². The van der Waals surface area contributed by atoms with Gasteiger partial charge in [-0.25, -0.2) is 0 Å². The molecule has 112 valence electrons. The molecule has 0 saturated carbocycles. The molecule has 0 amide bonds. The molecule has 3 nitrogen and oxygen atoms in total. The lowest BCUT2D eigenvalue weighted by molar-refractivity contribution is 0.185. The Labute approximate surface area is 115 Å². The monoisotopic (exact) mass is 259 g/mol. The van der Waals surface area contributed by atoms with E-state index in [1.807, 2.05) is 0 Å². The third kappa shape index (κ3) is 13.9. The Bertz CT molecular complexity index is 133. The van der Waals surface area contributed by atoms with Crippen LogP contribution in [0, 0.1) is 0 Å². The number of nitrogens with zero attached hydrogens (tertiary/aromatic N) is 1. The normalized spacial score (nSPS) is 11.0. The van der Waals surface area contributed by atoms with E-state index in [4.69, 9.17) is 11.5 Å². The maximum Gasteiger partial charge on any atom is 0.00411 e. The highest BCUT2D eigenvalue weighted by molar-refractivity contribution is 4.64. The fraction of sp³-hybridized carbons (Fsp3) is 1.00. The minimum Gasteiger partial charge on any atom is -0.330 e. The molecule has 0 unspecified atom stereocenters. The first kappa shape index (κ1) is 20.2. The standard InChI is InChI=1S/C8H19N.C7H18N2/c1-6-9(7(2)3)8(4)5;8-6-4-2-1-3-5-7-9/h7-8H,6H2,1-5H3;1-9H2. The van der Waals surface area contributed by atoms with Crippen LogP contribution < -0.4 is 11.5 Å². The van der Waals surface area contributed by atoms with Crippen LogP contribution >= 0.6 is 0 Å². The molecule has 0 aromatic carbocycles. The zero-order valence-electron chi connectivity index (χ0n) is 13.4. The van der Waals surface area contributed by atoms with Gasteiger partial charge >= 0.3 is 0 Å². The van der Waals surface area contributed by atoms with Crippen molar-refractivity contribution < 1.29 is 0 Å². The fourth-order valence-electron chi connectivity index (χ4n) is 2.15. The molecule has 0 aromatic heterocycles. The van der Waals surface area contributed by atoms with Gasteiger partial charge in [0.1, 0.15) is 0 Å². The van der Waals surface area contributed by atoms with Gasteiger partial charge in [0.05, 0.1) is 0 Å². The van der Waals surface area contributed by atoms with E-state index in [0.29, 0.717) is 12.1 Å². The zero-order valence-corrected chi connectivity index (χ0v) is 13.4. The molecule has 0 atom stereocenters. The Morgan fingerprint density at radius 3 is 1.22 bits per heavy atom. The van der Waals surface area contributed by atoms with Crippen molar-refractivity contribution in [2.75, 3.05) is 19.6 Å². The number of unbranched alkanes of at least 4 members (excludes halogenated alkanes) is 4. The van der Waals surface area contributed by atoms with Crippen molar-refractivity contribution in [3.8, 4) is 0 Å². The van der Waals surface area contributed by atoms with Crippen LogP contribution in [0.3, 0.4) is 0 Å². The Balaban J connectivity index is 0. The number of rotatable bonds is 9. The zero-order chi connectivity index (χ0) is 14.4. The van der Waals surface area contributed by atoms with Crippen molar-refractivity contribution in [2.45, 2.75) is 78.8 Å². The molecule has 0 aliphatic carbocycles. The van der Waals surface area contributed by atoms with Crippen molar-refractivity contribution in [1.29, 1.82) is 0 Å². The molecule has 0 aliphatic rings. The fourth-order valence-corrected chi connectivity index (χ4v) is 2.15. The smallest absolute Gasteiger partial charge is 0.00411 e. The second-order valence-electron chi connectivity index (χ2n) is 5.36. The Hall–Kier alpha value is -0.120. The molecule has 0 radical (unpaired) electrons. The van der Waals surface area contributed by atoms with Gasteiger partial charge in [0.2, 0.25) is 0 Å². The second kappa shape index (κ2) is 14.9. The SMILES string of the molecule is CCN(C(C)C)C(C)C.NCCCCCCCN. The van der Waals surface area contributed by atoms with E-state index < -0.39 is 0 Å². The third-order valence-corrected chi connectivity index (χ3v) is 3.10. The van der Waals surface area contributed by atoms with E-state index in [1.165, 1.54) is 32.1 Å². The summed E-state index contributed by atoms with van der Waals surface area (Å²) in [5.41, 5.74) is 10.6. The summed E-state index contributed by atoms with van der Waals surface area (Å²) in [4.78, 5) is 2.46. The summed E-state index contributed by atoms with van der Waals surface area (Å²) in [6.45, 7) is 14.0. The molecule has 4 N–H and O–H groups in total. The van der Waals surface area contributed by atoms with Gasteiger partial charge in [0.15, 0.2) is 0 Å². The largest absolute Gasteiger partial charge is 0.330 e. The van der Waals surface area contributed by atoms with Crippen molar-refractivity contribution >= 4 is 0 Å². The Morgan fingerprint density at radius 2 is 1.06 bits per heavy atom. The Kier molecular flexibility index (Phi) is 16.8. The van der Waals surface area contributed by atoms with Crippen LogP contribution in [0.4, 0.5) is 0 Å². The van der Waals surface area contributed by atoms with Crippen LogP contribution in [-0.4, -0.2) is 36.6 Å². The highest BCUT2D eigenvalue weighted by Gasteiger charge is 2.08. The van der Waals surface area contributed by atoms with Crippen molar-refractivity contribution in [1.82, 2.24) is 4.90 Å². The molecule has 0 fully saturated rings. The molecular weight excluding hydrogens is 222 g/mol. The quantitative estimate of drug-likeness (QED) is 0.626. The summed E-state index contributed by atoms with van der Waals surface area (Å²) in [6, 6.07) is 1.38. The maximum atomic E-state index is 5.32. The summed E-state index contributed by atoms with van der Waals surface area (Å²) in [6.07, 6.45) is 6.19. The van der Waals surface area contributed by atoms with Crippen molar-refractivity contribution in [3.63, 3.8) is 0 Å². The van der Waals surface area contributed by atoms with Crippen LogP contribution in [0.1, 0.15) is 66.7 Å². The predicted molar refractivity (Wildman–Crippen MR) is 83.8 cm³/mol. The van der Waals surface area contributed by atoms with Gasteiger partial charge in [-0.1, -0.05) is 26.2 Å². The molecular formula is C15H37N3. The van der Waals surface area contributed by atoms with E-state index in [1.54, 1.807) is 0 Å². The summed E-state index contributed by atoms with van der Waals surface area (Å²) in [7, 11) is 0. The average Bonchev–Trinajstić information content (AvgIpc) is 2.29. The van der Waals surface area contributed by atoms with E-state index in [-0.39, 0.29) is 0 Å².